The van der Waals surface area contributed by atoms with E-state index in [4.69, 9.17) is 28.4 Å². The summed E-state index contributed by atoms with van der Waals surface area (Å²) in [6.07, 6.45) is 5.50. The fourth-order valence-electron chi connectivity index (χ4n) is 9.20. The summed E-state index contributed by atoms with van der Waals surface area (Å²) < 4.78 is 34.1. The van der Waals surface area contributed by atoms with E-state index < -0.39 is 6.16 Å². The first-order chi connectivity index (χ1) is 17.1. The molecule has 0 bridgehead atoms. The van der Waals surface area contributed by atoms with Crippen LogP contribution in [-0.4, -0.2) is 64.2 Å². The third-order valence-electron chi connectivity index (χ3n) is 10.8. The fraction of sp³-hybridized carbons (Fsp3) is 0.857. The van der Waals surface area contributed by atoms with E-state index in [0.29, 0.717) is 24.2 Å². The quantitative estimate of drug-likeness (QED) is 0.225. The highest BCUT2D eigenvalue weighted by molar-refractivity contribution is 5.66. The van der Waals surface area contributed by atoms with Crippen LogP contribution in [-0.2, 0) is 33.2 Å². The van der Waals surface area contributed by atoms with Gasteiger partial charge in [-0.2, -0.15) is 0 Å². The molecule has 0 aromatic carbocycles. The van der Waals surface area contributed by atoms with Gasteiger partial charge in [0, 0.05) is 44.8 Å². The summed E-state index contributed by atoms with van der Waals surface area (Å²) in [5.74, 6) is 1.30. The molecule has 1 heterocycles. The van der Waals surface area contributed by atoms with E-state index >= 15 is 0 Å². The van der Waals surface area contributed by atoms with Gasteiger partial charge in [-0.25, -0.2) is 4.79 Å². The fourth-order valence-corrected chi connectivity index (χ4v) is 9.20. The molecule has 0 aromatic rings. The van der Waals surface area contributed by atoms with Crippen LogP contribution >= 0.6 is 0 Å². The average Bonchev–Trinajstić information content (AvgIpc) is 3.57. The van der Waals surface area contributed by atoms with Gasteiger partial charge in [0.1, 0.15) is 18.3 Å². The highest BCUT2D eigenvalue weighted by Crippen LogP contribution is 2.69. The van der Waals surface area contributed by atoms with Crippen LogP contribution in [0.3, 0.4) is 0 Å². The number of esters is 1. The van der Waals surface area contributed by atoms with Gasteiger partial charge in [0.2, 0.25) is 0 Å². The second-order valence-corrected chi connectivity index (χ2v) is 12.1. The molecule has 1 saturated heterocycles. The van der Waals surface area contributed by atoms with Crippen LogP contribution in [0.25, 0.3) is 0 Å². The first-order valence-electron chi connectivity index (χ1n) is 13.4. The molecule has 5 aliphatic rings. The van der Waals surface area contributed by atoms with Crippen molar-refractivity contribution in [2.24, 2.45) is 40.4 Å². The Morgan fingerprint density at radius 2 is 1.78 bits per heavy atom. The number of methoxy groups -OCH3 is 3. The summed E-state index contributed by atoms with van der Waals surface area (Å²) in [5.41, 5.74) is 1.12. The lowest BCUT2D eigenvalue weighted by Crippen LogP contribution is -2.58. The first kappa shape index (κ1) is 26.0. The Labute approximate surface area is 214 Å². The molecular formula is C28H42O8. The molecule has 0 spiro atoms. The Morgan fingerprint density at radius 1 is 1.06 bits per heavy atom. The van der Waals surface area contributed by atoms with Crippen molar-refractivity contribution in [2.75, 3.05) is 21.3 Å². The maximum atomic E-state index is 12.4. The minimum atomic E-state index is -0.652. The predicted molar refractivity (Wildman–Crippen MR) is 130 cm³/mol. The van der Waals surface area contributed by atoms with Gasteiger partial charge in [-0.3, -0.25) is 4.79 Å². The largest absolute Gasteiger partial charge is 0.508 e. The Morgan fingerprint density at radius 3 is 2.42 bits per heavy atom. The van der Waals surface area contributed by atoms with E-state index in [1.54, 1.807) is 14.2 Å². The molecule has 0 aromatic heterocycles. The molecule has 8 heteroatoms. The minimum absolute atomic E-state index is 0.0280. The molecule has 4 aliphatic carbocycles. The maximum absolute atomic E-state index is 12.4. The van der Waals surface area contributed by atoms with Crippen LogP contribution in [0.5, 0.6) is 0 Å². The summed E-state index contributed by atoms with van der Waals surface area (Å²) in [4.78, 5) is 24.1. The number of carbonyl (C=O) groups is 2. The Kier molecular flexibility index (Phi) is 6.70. The van der Waals surface area contributed by atoms with E-state index in [1.807, 2.05) is 0 Å². The van der Waals surface area contributed by atoms with Gasteiger partial charge >= 0.3 is 12.1 Å². The third-order valence-corrected chi connectivity index (χ3v) is 10.8. The zero-order chi connectivity index (χ0) is 26.0. The number of ether oxygens (including phenoxy) is 6. The van der Waals surface area contributed by atoms with Crippen LogP contribution in [0.15, 0.2) is 11.6 Å². The third kappa shape index (κ3) is 3.81. The molecule has 0 N–H and O–H groups in total. The molecule has 36 heavy (non-hydrogen) atoms. The van der Waals surface area contributed by atoms with E-state index in [9.17, 15) is 9.59 Å². The van der Waals surface area contributed by atoms with E-state index in [1.165, 1.54) is 19.6 Å². The molecule has 11 atom stereocenters. The lowest BCUT2D eigenvalue weighted by Gasteiger charge is -2.59. The summed E-state index contributed by atoms with van der Waals surface area (Å²) in [7, 11) is 4.78. The van der Waals surface area contributed by atoms with Crippen LogP contribution in [0, 0.1) is 40.4 Å². The Hall–Kier alpha value is -1.64. The van der Waals surface area contributed by atoms with Crippen molar-refractivity contribution >= 4 is 12.1 Å². The average molecular weight is 507 g/mol. The molecule has 0 amide bonds. The molecule has 0 radical (unpaired) electrons. The van der Waals surface area contributed by atoms with Gasteiger partial charge in [0.15, 0.2) is 6.29 Å². The summed E-state index contributed by atoms with van der Waals surface area (Å²) in [5, 5.41) is 0. The van der Waals surface area contributed by atoms with Gasteiger partial charge in [-0.15, -0.1) is 0 Å². The zero-order valence-electron chi connectivity index (χ0n) is 22.7. The van der Waals surface area contributed by atoms with Gasteiger partial charge in [-0.05, 0) is 54.9 Å². The monoisotopic (exact) mass is 506 g/mol. The number of hydrogen-bond donors (Lipinski definition) is 0. The van der Waals surface area contributed by atoms with E-state index in [2.05, 4.69) is 26.8 Å². The molecule has 1 aliphatic heterocycles. The Bertz CT molecular complexity index is 913. The highest BCUT2D eigenvalue weighted by Gasteiger charge is 2.70. The van der Waals surface area contributed by atoms with Crippen molar-refractivity contribution in [1.29, 1.82) is 0 Å². The van der Waals surface area contributed by atoms with Crippen molar-refractivity contribution in [1.82, 2.24) is 0 Å². The number of epoxide rings is 1. The SMILES string of the molecule is COC(=O)O[C@@H]1C=C2C[C@@H](OC(C)=O)[C@@H]3O[C@@H]3[C@]2(C)[C@H]2CC[C@]3(C)[C@@H](C(C)C(OC)OC)CC[C@H]3[C@H]12. The molecule has 4 fully saturated rings. The second kappa shape index (κ2) is 9.28. The number of rotatable bonds is 6. The smallest absolute Gasteiger partial charge is 0.459 e. The minimum Gasteiger partial charge on any atom is -0.459 e. The standard InChI is InChI=1S/C28H42O8/c1-14(25(31-5)32-6)17-8-9-18-22-19(10-11-27(17,18)3)28(4)16(12-20(22)35-26(30)33-7)13-21(34-15(2)29)23-24(28)36-23/h12,14,17-25H,8-11,13H2,1-7H3/t14?,17-,18+,19+,20-,21-,22+,23+,24+,27-,28+/m1/s1. The molecule has 1 unspecified atom stereocenters. The van der Waals surface area contributed by atoms with Crippen molar-refractivity contribution in [3.63, 3.8) is 0 Å². The summed E-state index contributed by atoms with van der Waals surface area (Å²) in [6, 6.07) is 0. The van der Waals surface area contributed by atoms with Gasteiger partial charge in [0.25, 0.3) is 0 Å². The van der Waals surface area contributed by atoms with Crippen LogP contribution < -0.4 is 0 Å². The summed E-state index contributed by atoms with van der Waals surface area (Å²) in [6.45, 7) is 8.43. The molecule has 5 rings (SSSR count). The molecule has 3 saturated carbocycles. The van der Waals surface area contributed by atoms with Crippen molar-refractivity contribution in [2.45, 2.75) is 90.5 Å². The van der Waals surface area contributed by atoms with Gasteiger partial charge in [-0.1, -0.05) is 26.3 Å². The second-order valence-electron chi connectivity index (χ2n) is 12.1. The van der Waals surface area contributed by atoms with Crippen molar-refractivity contribution in [3.8, 4) is 0 Å². The lowest BCUT2D eigenvalue weighted by molar-refractivity contribution is -0.165. The van der Waals surface area contributed by atoms with E-state index in [0.717, 1.165) is 25.7 Å². The number of fused-ring (bicyclic) bond motifs is 7. The Balaban J connectivity index is 1.50. The van der Waals surface area contributed by atoms with Crippen molar-refractivity contribution in [3.05, 3.63) is 11.6 Å². The van der Waals surface area contributed by atoms with Gasteiger partial charge in [0.05, 0.1) is 13.2 Å². The maximum Gasteiger partial charge on any atom is 0.508 e. The number of carbonyl (C=O) groups excluding carboxylic acids is 2. The highest BCUT2D eigenvalue weighted by atomic mass is 16.7. The first-order valence-corrected chi connectivity index (χ1v) is 13.4. The van der Waals surface area contributed by atoms with Gasteiger partial charge < -0.3 is 28.4 Å². The normalized spacial score (nSPS) is 45.4. The van der Waals surface area contributed by atoms with Crippen LogP contribution in [0.2, 0.25) is 0 Å². The topological polar surface area (TPSA) is 92.8 Å². The van der Waals surface area contributed by atoms with Crippen LogP contribution in [0.4, 0.5) is 4.79 Å². The number of hydrogen-bond acceptors (Lipinski definition) is 8. The lowest BCUT2D eigenvalue weighted by atomic mass is 9.46. The molecular weight excluding hydrogens is 464 g/mol. The summed E-state index contributed by atoms with van der Waals surface area (Å²) >= 11 is 0. The predicted octanol–water partition coefficient (Wildman–Crippen LogP) is 4.50. The zero-order valence-corrected chi connectivity index (χ0v) is 22.7. The van der Waals surface area contributed by atoms with E-state index in [-0.39, 0.29) is 59.3 Å². The van der Waals surface area contributed by atoms with Crippen LogP contribution in [0.1, 0.15) is 59.8 Å². The molecule has 8 nitrogen and oxygen atoms in total. The molecule has 202 valence electrons. The van der Waals surface area contributed by atoms with Crippen molar-refractivity contribution < 1.29 is 38.0 Å².